The van der Waals surface area contributed by atoms with Crippen molar-refractivity contribution in [3.63, 3.8) is 0 Å². The number of nitrogens with two attached hydrogens (primary N) is 1. The number of halogens is 1. The van der Waals surface area contributed by atoms with Crippen LogP contribution < -0.4 is 5.14 Å². The van der Waals surface area contributed by atoms with Gasteiger partial charge in [-0.3, -0.25) is 0 Å². The topological polar surface area (TPSA) is 43.1 Å². The van der Waals surface area contributed by atoms with E-state index in [0.717, 1.165) is 11.1 Å². The Kier molecular flexibility index (Phi) is 2.88. The third-order valence-corrected chi connectivity index (χ3v) is 2.95. The third kappa shape index (κ3) is 1.86. The van der Waals surface area contributed by atoms with Gasteiger partial charge >= 0.3 is 0 Å². The summed E-state index contributed by atoms with van der Waals surface area (Å²) < 4.78 is 11.0. The lowest BCUT2D eigenvalue weighted by Crippen LogP contribution is -2.05. The second-order valence-corrected chi connectivity index (χ2v) is 4.11. The maximum Gasteiger partial charge on any atom is 0.122 e. The summed E-state index contributed by atoms with van der Waals surface area (Å²) in [6, 6.07) is 3.53. The van der Waals surface area contributed by atoms with Crippen LogP contribution in [0.25, 0.3) is 0 Å². The van der Waals surface area contributed by atoms with Crippen molar-refractivity contribution >= 4 is 22.6 Å². The van der Waals surface area contributed by atoms with Gasteiger partial charge in [0.05, 0.1) is 4.90 Å². The molecule has 2 N–H and O–H groups in total. The predicted octanol–water partition coefficient (Wildman–Crippen LogP) is 1.94. The molecule has 1 aromatic rings. The molecule has 0 aliphatic carbocycles. The van der Waals surface area contributed by atoms with E-state index in [1.54, 1.807) is 12.1 Å². The van der Waals surface area contributed by atoms with Crippen molar-refractivity contribution in [2.24, 2.45) is 5.14 Å². The molecule has 0 radical (unpaired) electrons. The first kappa shape index (κ1) is 9.71. The highest BCUT2D eigenvalue weighted by Crippen LogP contribution is 2.21. The minimum Gasteiger partial charge on any atom is -0.248 e. The van der Waals surface area contributed by atoms with Gasteiger partial charge in [-0.1, -0.05) is 11.6 Å². The predicted molar refractivity (Wildman–Crippen MR) is 51.5 cm³/mol. The lowest BCUT2D eigenvalue weighted by atomic mass is 10.2. The van der Waals surface area contributed by atoms with E-state index in [9.17, 15) is 4.21 Å². The number of rotatable bonds is 1. The summed E-state index contributed by atoms with van der Waals surface area (Å²) in [6.45, 7) is 3.70. The fourth-order valence-electron chi connectivity index (χ4n) is 0.971. The summed E-state index contributed by atoms with van der Waals surface area (Å²) in [5.74, 6) is 0. The first-order chi connectivity index (χ1) is 5.52. The van der Waals surface area contributed by atoms with Crippen molar-refractivity contribution in [1.82, 2.24) is 0 Å². The molecule has 4 heteroatoms. The third-order valence-electron chi connectivity index (χ3n) is 1.67. The molecule has 0 bridgehead atoms. The summed E-state index contributed by atoms with van der Waals surface area (Å²) in [6.07, 6.45) is 0. The van der Waals surface area contributed by atoms with E-state index < -0.39 is 11.0 Å². The lowest BCUT2D eigenvalue weighted by molar-refractivity contribution is 0.684. The molecule has 0 saturated carbocycles. The fraction of sp³-hybridized carbons (Fsp3) is 0.250. The fourth-order valence-corrected chi connectivity index (χ4v) is 1.86. The van der Waals surface area contributed by atoms with Crippen LogP contribution in [0.4, 0.5) is 0 Å². The quantitative estimate of drug-likeness (QED) is 0.745. The Morgan fingerprint density at radius 2 is 1.92 bits per heavy atom. The summed E-state index contributed by atoms with van der Waals surface area (Å²) in [7, 11) is -1.42. The standard InChI is InChI=1S/C8H10ClNOS/c1-5-4-8(12(10)11)6(2)3-7(5)9/h3-4H,10H2,1-2H3. The molecule has 66 valence electrons. The van der Waals surface area contributed by atoms with Gasteiger partial charge in [-0.2, -0.15) is 0 Å². The van der Waals surface area contributed by atoms with Crippen molar-refractivity contribution < 1.29 is 4.21 Å². The molecule has 12 heavy (non-hydrogen) atoms. The summed E-state index contributed by atoms with van der Waals surface area (Å²) >= 11 is 5.85. The molecule has 1 unspecified atom stereocenters. The zero-order chi connectivity index (χ0) is 9.30. The van der Waals surface area contributed by atoms with Crippen LogP contribution in [0.5, 0.6) is 0 Å². The molecule has 1 rings (SSSR count). The molecule has 0 amide bonds. The number of benzene rings is 1. The Bertz CT molecular complexity index is 338. The van der Waals surface area contributed by atoms with Crippen LogP contribution in [0.2, 0.25) is 5.02 Å². The van der Waals surface area contributed by atoms with Crippen molar-refractivity contribution in [1.29, 1.82) is 0 Å². The molecule has 0 fully saturated rings. The molecule has 1 atom stereocenters. The van der Waals surface area contributed by atoms with E-state index >= 15 is 0 Å². The summed E-state index contributed by atoms with van der Waals surface area (Å²) in [5, 5.41) is 5.94. The number of aryl methyl sites for hydroxylation is 2. The first-order valence-corrected chi connectivity index (χ1v) is 5.04. The van der Waals surface area contributed by atoms with E-state index in [1.165, 1.54) is 0 Å². The van der Waals surface area contributed by atoms with Gasteiger partial charge in [0.25, 0.3) is 0 Å². The minimum absolute atomic E-state index is 0.650. The van der Waals surface area contributed by atoms with Crippen LogP contribution in [0.3, 0.4) is 0 Å². The molecular weight excluding hydrogens is 194 g/mol. The lowest BCUT2D eigenvalue weighted by Gasteiger charge is -2.04. The highest BCUT2D eigenvalue weighted by atomic mass is 35.5. The molecule has 0 saturated heterocycles. The summed E-state index contributed by atoms with van der Waals surface area (Å²) in [5.41, 5.74) is 1.77. The van der Waals surface area contributed by atoms with Crippen LogP contribution in [-0.4, -0.2) is 4.21 Å². The van der Waals surface area contributed by atoms with E-state index in [1.807, 2.05) is 13.8 Å². The maximum absolute atomic E-state index is 11.0. The van der Waals surface area contributed by atoms with Crippen molar-refractivity contribution in [3.8, 4) is 0 Å². The zero-order valence-electron chi connectivity index (χ0n) is 6.93. The first-order valence-electron chi connectivity index (χ1n) is 3.45. The van der Waals surface area contributed by atoms with Gasteiger partial charge in [-0.05, 0) is 37.1 Å². The summed E-state index contributed by atoms with van der Waals surface area (Å²) in [4.78, 5) is 0.650. The largest absolute Gasteiger partial charge is 0.248 e. The highest BCUT2D eigenvalue weighted by molar-refractivity contribution is 7.82. The van der Waals surface area contributed by atoms with Gasteiger partial charge in [-0.25, -0.2) is 9.35 Å². The SMILES string of the molecule is Cc1cc(S(N)=O)c(C)cc1Cl. The van der Waals surface area contributed by atoms with Crippen LogP contribution >= 0.6 is 11.6 Å². The van der Waals surface area contributed by atoms with E-state index in [4.69, 9.17) is 16.7 Å². The van der Waals surface area contributed by atoms with Gasteiger partial charge < -0.3 is 0 Å². The van der Waals surface area contributed by atoms with Crippen LogP contribution in [0.1, 0.15) is 11.1 Å². The normalized spacial score (nSPS) is 13.0. The molecule has 0 aliphatic heterocycles. The van der Waals surface area contributed by atoms with Gasteiger partial charge in [0.2, 0.25) is 0 Å². The molecule has 0 spiro atoms. The van der Waals surface area contributed by atoms with Crippen LogP contribution in [0, 0.1) is 13.8 Å². The molecule has 0 aliphatic rings. The van der Waals surface area contributed by atoms with Crippen molar-refractivity contribution in [2.45, 2.75) is 18.7 Å². The van der Waals surface area contributed by atoms with E-state index in [2.05, 4.69) is 0 Å². The maximum atomic E-state index is 11.0. The monoisotopic (exact) mass is 203 g/mol. The Balaban J connectivity index is 3.33. The second-order valence-electron chi connectivity index (χ2n) is 2.66. The number of hydrogen-bond acceptors (Lipinski definition) is 1. The zero-order valence-corrected chi connectivity index (χ0v) is 8.50. The van der Waals surface area contributed by atoms with Gasteiger partial charge in [0.1, 0.15) is 11.0 Å². The molecule has 1 aromatic carbocycles. The Labute approximate surface area is 79.3 Å². The second kappa shape index (κ2) is 3.56. The smallest absolute Gasteiger partial charge is 0.122 e. The Morgan fingerprint density at radius 3 is 2.42 bits per heavy atom. The van der Waals surface area contributed by atoms with E-state index in [-0.39, 0.29) is 0 Å². The average Bonchev–Trinajstić information content (AvgIpc) is 1.96. The molecular formula is C8H10ClNOS. The van der Waals surface area contributed by atoms with E-state index in [0.29, 0.717) is 9.92 Å². The van der Waals surface area contributed by atoms with Crippen LogP contribution in [-0.2, 0) is 11.0 Å². The Morgan fingerprint density at radius 1 is 1.33 bits per heavy atom. The van der Waals surface area contributed by atoms with Gasteiger partial charge in [-0.15, -0.1) is 0 Å². The highest BCUT2D eigenvalue weighted by Gasteiger charge is 2.05. The van der Waals surface area contributed by atoms with Crippen molar-refractivity contribution in [3.05, 3.63) is 28.3 Å². The Hall–Kier alpha value is -0.380. The average molecular weight is 204 g/mol. The number of hydrogen-bond donors (Lipinski definition) is 1. The van der Waals surface area contributed by atoms with Crippen LogP contribution in [0.15, 0.2) is 17.0 Å². The van der Waals surface area contributed by atoms with Crippen molar-refractivity contribution in [2.75, 3.05) is 0 Å². The minimum atomic E-state index is -1.42. The van der Waals surface area contributed by atoms with Gasteiger partial charge in [0, 0.05) is 5.02 Å². The molecule has 0 heterocycles. The van der Waals surface area contributed by atoms with Gasteiger partial charge in [0.15, 0.2) is 0 Å². The molecule has 0 aromatic heterocycles. The molecule has 2 nitrogen and oxygen atoms in total.